The molecule has 4 nitrogen and oxygen atoms in total. The molecule has 0 radical (unpaired) electrons. The van der Waals surface area contributed by atoms with Crippen LogP contribution in [-0.2, 0) is 0 Å². The molecule has 0 saturated carbocycles. The van der Waals surface area contributed by atoms with Gasteiger partial charge in [-0.3, -0.25) is 0 Å². The topological polar surface area (TPSA) is 52.0 Å². The third-order valence-corrected chi connectivity index (χ3v) is 2.91. The van der Waals surface area contributed by atoms with E-state index in [0.717, 1.165) is 31.6 Å². The van der Waals surface area contributed by atoms with Crippen LogP contribution in [0, 0.1) is 5.92 Å². The van der Waals surface area contributed by atoms with Gasteiger partial charge in [-0.1, -0.05) is 11.7 Å². The maximum Gasteiger partial charge on any atom is 0.0797 e. The fraction of sp³-hybridized carbons (Fsp3) is 0.750. The molecule has 3 aliphatic heterocycles. The Bertz CT molecular complexity index is 246. The highest BCUT2D eigenvalue weighted by molar-refractivity contribution is 5.14. The van der Waals surface area contributed by atoms with Crippen molar-refractivity contribution >= 4 is 0 Å². The second-order valence-corrected chi connectivity index (χ2v) is 3.47. The minimum atomic E-state index is 0.0394. The van der Waals surface area contributed by atoms with E-state index in [9.17, 15) is 0 Å². The molecule has 3 aliphatic rings. The molecule has 1 unspecified atom stereocenters. The maximum absolute atomic E-state index is 8.36. The first-order valence-corrected chi connectivity index (χ1v) is 4.31. The molecule has 0 amide bonds. The Kier molecular flexibility index (Phi) is 1.70. The zero-order valence-electron chi connectivity index (χ0n) is 6.98. The summed E-state index contributed by atoms with van der Waals surface area (Å²) in [5, 5.41) is 3.79. The molecule has 12 heavy (non-hydrogen) atoms. The van der Waals surface area contributed by atoms with E-state index in [0.29, 0.717) is 5.92 Å². The zero-order chi connectivity index (χ0) is 8.55. The van der Waals surface area contributed by atoms with E-state index < -0.39 is 0 Å². The third kappa shape index (κ3) is 0.959. The first-order chi connectivity index (χ1) is 5.83. The molecule has 0 N–H and O–H groups in total. The van der Waals surface area contributed by atoms with Crippen molar-refractivity contribution < 1.29 is 0 Å². The molecule has 0 aromatic heterocycles. The predicted molar refractivity (Wildman–Crippen MR) is 46.4 cm³/mol. The Morgan fingerprint density at radius 2 is 2.17 bits per heavy atom. The normalized spacial score (nSPS) is 33.3. The SMILES string of the molecule is C=C1C(N=[N+]=[N-])C2CCN1CC2. The highest BCUT2D eigenvalue weighted by Crippen LogP contribution is 2.35. The minimum absolute atomic E-state index is 0.0394. The quantitative estimate of drug-likeness (QED) is 0.332. The molecule has 3 fully saturated rings. The molecule has 3 saturated heterocycles. The summed E-state index contributed by atoms with van der Waals surface area (Å²) in [5.41, 5.74) is 9.39. The summed E-state index contributed by atoms with van der Waals surface area (Å²) in [7, 11) is 0. The van der Waals surface area contributed by atoms with Gasteiger partial charge in [0.05, 0.1) is 6.04 Å². The summed E-state index contributed by atoms with van der Waals surface area (Å²) in [6, 6.07) is 0.0394. The largest absolute Gasteiger partial charge is 0.375 e. The van der Waals surface area contributed by atoms with Gasteiger partial charge in [0.15, 0.2) is 0 Å². The minimum Gasteiger partial charge on any atom is -0.375 e. The van der Waals surface area contributed by atoms with Crippen LogP contribution >= 0.6 is 0 Å². The lowest BCUT2D eigenvalue weighted by molar-refractivity contribution is 0.140. The molecule has 64 valence electrons. The van der Waals surface area contributed by atoms with E-state index in [1.165, 1.54) is 0 Å². The average molecular weight is 164 g/mol. The van der Waals surface area contributed by atoms with E-state index in [1.54, 1.807) is 0 Å². The number of azide groups is 1. The highest BCUT2D eigenvalue weighted by atomic mass is 15.2. The van der Waals surface area contributed by atoms with Crippen LogP contribution < -0.4 is 0 Å². The Labute approximate surface area is 71.5 Å². The van der Waals surface area contributed by atoms with Crippen LogP contribution in [0.2, 0.25) is 0 Å². The predicted octanol–water partition coefficient (Wildman–Crippen LogP) is 1.90. The summed E-state index contributed by atoms with van der Waals surface area (Å²) in [6.07, 6.45) is 2.31. The number of rotatable bonds is 1. The van der Waals surface area contributed by atoms with Crippen molar-refractivity contribution in [3.63, 3.8) is 0 Å². The van der Waals surface area contributed by atoms with E-state index in [4.69, 9.17) is 5.53 Å². The van der Waals surface area contributed by atoms with Crippen molar-refractivity contribution in [1.82, 2.24) is 4.90 Å². The van der Waals surface area contributed by atoms with Crippen LogP contribution in [0.5, 0.6) is 0 Å². The number of nitrogens with zero attached hydrogens (tertiary/aromatic N) is 4. The van der Waals surface area contributed by atoms with Gasteiger partial charge in [-0.25, -0.2) is 0 Å². The van der Waals surface area contributed by atoms with E-state index in [2.05, 4.69) is 21.5 Å². The lowest BCUT2D eigenvalue weighted by Crippen LogP contribution is -2.47. The maximum atomic E-state index is 8.36. The van der Waals surface area contributed by atoms with Crippen molar-refractivity contribution in [3.05, 3.63) is 22.7 Å². The van der Waals surface area contributed by atoms with Crippen LogP contribution in [0.4, 0.5) is 0 Å². The van der Waals surface area contributed by atoms with E-state index >= 15 is 0 Å². The van der Waals surface area contributed by atoms with Gasteiger partial charge >= 0.3 is 0 Å². The van der Waals surface area contributed by atoms with Gasteiger partial charge in [0.25, 0.3) is 0 Å². The summed E-state index contributed by atoms with van der Waals surface area (Å²) >= 11 is 0. The third-order valence-electron chi connectivity index (χ3n) is 2.91. The molecule has 0 aromatic rings. The van der Waals surface area contributed by atoms with Crippen LogP contribution in [0.3, 0.4) is 0 Å². The highest BCUT2D eigenvalue weighted by Gasteiger charge is 2.35. The summed E-state index contributed by atoms with van der Waals surface area (Å²) in [5.74, 6) is 0.554. The zero-order valence-corrected chi connectivity index (χ0v) is 6.98. The summed E-state index contributed by atoms with van der Waals surface area (Å²) in [6.45, 7) is 6.15. The van der Waals surface area contributed by atoms with Crippen LogP contribution in [0.15, 0.2) is 17.4 Å². The lowest BCUT2D eigenvalue weighted by atomic mass is 9.82. The number of hydrogen-bond donors (Lipinski definition) is 0. The second-order valence-electron chi connectivity index (χ2n) is 3.47. The van der Waals surface area contributed by atoms with Crippen LogP contribution in [-0.4, -0.2) is 24.0 Å². The van der Waals surface area contributed by atoms with E-state index in [-0.39, 0.29) is 6.04 Å². The molecule has 3 rings (SSSR count). The lowest BCUT2D eigenvalue weighted by Gasteiger charge is -2.45. The molecule has 3 heterocycles. The summed E-state index contributed by atoms with van der Waals surface area (Å²) < 4.78 is 0. The van der Waals surface area contributed by atoms with Gasteiger partial charge in [0.2, 0.25) is 0 Å². The standard InChI is InChI=1S/C8H12N4/c1-6-8(10-11-9)7-2-4-12(6)5-3-7/h7-8H,1-5H2. The molecule has 2 bridgehead atoms. The van der Waals surface area contributed by atoms with Gasteiger partial charge in [-0.15, -0.1) is 0 Å². The Morgan fingerprint density at radius 1 is 1.50 bits per heavy atom. The van der Waals surface area contributed by atoms with Crippen LogP contribution in [0.25, 0.3) is 10.4 Å². The molecule has 4 heteroatoms. The number of hydrogen-bond acceptors (Lipinski definition) is 2. The van der Waals surface area contributed by atoms with Crippen molar-refractivity contribution in [2.45, 2.75) is 18.9 Å². The molecular formula is C8H12N4. The van der Waals surface area contributed by atoms with Gasteiger partial charge < -0.3 is 4.90 Å². The Morgan fingerprint density at radius 3 is 2.67 bits per heavy atom. The molecule has 0 aliphatic carbocycles. The van der Waals surface area contributed by atoms with Crippen LogP contribution in [0.1, 0.15) is 12.8 Å². The van der Waals surface area contributed by atoms with Gasteiger partial charge in [-0.05, 0) is 24.3 Å². The van der Waals surface area contributed by atoms with Gasteiger partial charge in [-0.2, -0.15) is 0 Å². The summed E-state index contributed by atoms with van der Waals surface area (Å²) in [4.78, 5) is 5.10. The average Bonchev–Trinajstić information content (AvgIpc) is 2.12. The fourth-order valence-corrected chi connectivity index (χ4v) is 2.18. The van der Waals surface area contributed by atoms with Gasteiger partial charge in [0.1, 0.15) is 0 Å². The molecular weight excluding hydrogens is 152 g/mol. The second kappa shape index (κ2) is 2.72. The Balaban J connectivity index is 2.23. The first-order valence-electron chi connectivity index (χ1n) is 4.31. The molecule has 0 aromatic carbocycles. The van der Waals surface area contributed by atoms with Gasteiger partial charge in [0, 0.05) is 23.7 Å². The smallest absolute Gasteiger partial charge is 0.0797 e. The fourth-order valence-electron chi connectivity index (χ4n) is 2.18. The molecule has 0 spiro atoms. The van der Waals surface area contributed by atoms with E-state index in [1.807, 2.05) is 0 Å². The van der Waals surface area contributed by atoms with Crippen molar-refractivity contribution in [3.8, 4) is 0 Å². The van der Waals surface area contributed by atoms with Crippen molar-refractivity contribution in [1.29, 1.82) is 0 Å². The number of piperidine rings is 3. The van der Waals surface area contributed by atoms with Crippen molar-refractivity contribution in [2.24, 2.45) is 11.0 Å². The Hall–Kier alpha value is -1.15. The first kappa shape index (κ1) is 7.50. The monoisotopic (exact) mass is 164 g/mol. The van der Waals surface area contributed by atoms with Crippen molar-refractivity contribution in [2.75, 3.05) is 13.1 Å². The number of fused-ring (bicyclic) bond motifs is 3. The molecule has 1 atom stereocenters.